The van der Waals surface area contributed by atoms with Crippen molar-refractivity contribution in [3.8, 4) is 0 Å². The molecule has 1 N–H and O–H groups in total. The highest BCUT2D eigenvalue weighted by Gasteiger charge is 2.08. The normalized spacial score (nSPS) is 12.6. The third kappa shape index (κ3) is 3.43. The summed E-state index contributed by atoms with van der Waals surface area (Å²) >= 11 is 0. The molecule has 0 aliphatic carbocycles. The fraction of sp³-hybridized carbons (Fsp3) is 0.400. The molecule has 4 heteroatoms. The van der Waals surface area contributed by atoms with E-state index in [0.29, 0.717) is 13.2 Å². The predicted octanol–water partition coefficient (Wildman–Crippen LogP) is 2.83. The molecular weight excluding hydrogens is 240 g/mol. The summed E-state index contributed by atoms with van der Waals surface area (Å²) in [7, 11) is 3.55. The number of hydrogen-bond donors (Lipinski definition) is 1. The summed E-state index contributed by atoms with van der Waals surface area (Å²) in [6.07, 6.45) is 0.0705. The first-order valence-electron chi connectivity index (χ1n) is 6.41. The summed E-state index contributed by atoms with van der Waals surface area (Å²) in [6.45, 7) is 3.12. The Labute approximate surface area is 113 Å². The van der Waals surface area contributed by atoms with E-state index in [9.17, 15) is 0 Å². The van der Waals surface area contributed by atoms with Crippen molar-refractivity contribution in [1.82, 2.24) is 4.98 Å². The van der Waals surface area contributed by atoms with Crippen LogP contribution in [0.3, 0.4) is 0 Å². The first-order valence-corrected chi connectivity index (χ1v) is 6.41. The third-order valence-electron chi connectivity index (χ3n) is 2.96. The Morgan fingerprint density at radius 1 is 1.32 bits per heavy atom. The fourth-order valence-corrected chi connectivity index (χ4v) is 2.00. The number of anilines is 1. The van der Waals surface area contributed by atoms with Crippen LogP contribution in [0.2, 0.25) is 0 Å². The van der Waals surface area contributed by atoms with Crippen LogP contribution >= 0.6 is 0 Å². The van der Waals surface area contributed by atoms with Gasteiger partial charge in [0.05, 0.1) is 24.8 Å². The molecule has 1 unspecified atom stereocenters. The van der Waals surface area contributed by atoms with Gasteiger partial charge in [0.25, 0.3) is 0 Å². The number of fused-ring (bicyclic) bond motifs is 1. The van der Waals surface area contributed by atoms with E-state index >= 15 is 0 Å². The van der Waals surface area contributed by atoms with Gasteiger partial charge in [-0.05, 0) is 19.1 Å². The fourth-order valence-electron chi connectivity index (χ4n) is 2.00. The van der Waals surface area contributed by atoms with Crippen LogP contribution in [0.5, 0.6) is 0 Å². The van der Waals surface area contributed by atoms with Crippen LogP contribution in [0, 0.1) is 0 Å². The minimum absolute atomic E-state index is 0.0705. The monoisotopic (exact) mass is 260 g/mol. The van der Waals surface area contributed by atoms with Crippen molar-refractivity contribution in [2.75, 3.05) is 26.1 Å². The van der Waals surface area contributed by atoms with Crippen LogP contribution in [-0.4, -0.2) is 31.9 Å². The van der Waals surface area contributed by atoms with Crippen LogP contribution in [-0.2, 0) is 16.1 Å². The van der Waals surface area contributed by atoms with E-state index < -0.39 is 0 Å². The van der Waals surface area contributed by atoms with Gasteiger partial charge in [0.1, 0.15) is 5.82 Å². The molecule has 1 aromatic heterocycles. The van der Waals surface area contributed by atoms with Crippen molar-refractivity contribution in [2.24, 2.45) is 0 Å². The lowest BCUT2D eigenvalue weighted by Gasteiger charge is -2.14. The summed E-state index contributed by atoms with van der Waals surface area (Å²) in [4.78, 5) is 4.60. The Morgan fingerprint density at radius 3 is 2.84 bits per heavy atom. The SMILES string of the molecule is CNc1nc2ccccc2cc1COC(C)COC. The van der Waals surface area contributed by atoms with Crippen molar-refractivity contribution >= 4 is 16.7 Å². The molecule has 2 rings (SSSR count). The van der Waals surface area contributed by atoms with E-state index in [1.807, 2.05) is 32.2 Å². The second kappa shape index (κ2) is 6.50. The minimum Gasteiger partial charge on any atom is -0.382 e. The highest BCUT2D eigenvalue weighted by Crippen LogP contribution is 2.21. The lowest BCUT2D eigenvalue weighted by molar-refractivity contribution is 0.0000422. The largest absolute Gasteiger partial charge is 0.382 e. The lowest BCUT2D eigenvalue weighted by Crippen LogP contribution is -2.15. The second-order valence-corrected chi connectivity index (χ2v) is 4.52. The average molecular weight is 260 g/mol. The molecule has 19 heavy (non-hydrogen) atoms. The Balaban J connectivity index is 2.21. The van der Waals surface area contributed by atoms with E-state index in [1.165, 1.54) is 0 Å². The first kappa shape index (κ1) is 13.8. The minimum atomic E-state index is 0.0705. The van der Waals surface area contributed by atoms with Gasteiger partial charge in [0.2, 0.25) is 0 Å². The number of para-hydroxylation sites is 1. The molecular formula is C15H20N2O2. The molecule has 4 nitrogen and oxygen atoms in total. The van der Waals surface area contributed by atoms with Crippen LogP contribution < -0.4 is 5.32 Å². The second-order valence-electron chi connectivity index (χ2n) is 4.52. The van der Waals surface area contributed by atoms with Crippen molar-refractivity contribution < 1.29 is 9.47 Å². The van der Waals surface area contributed by atoms with E-state index in [2.05, 4.69) is 22.4 Å². The molecule has 0 spiro atoms. The average Bonchev–Trinajstić information content (AvgIpc) is 2.44. The number of rotatable bonds is 6. The Bertz CT molecular complexity index is 543. The zero-order valence-corrected chi connectivity index (χ0v) is 11.6. The number of hydrogen-bond acceptors (Lipinski definition) is 4. The van der Waals surface area contributed by atoms with Crippen LogP contribution in [0.25, 0.3) is 10.9 Å². The zero-order valence-electron chi connectivity index (χ0n) is 11.6. The van der Waals surface area contributed by atoms with Crippen LogP contribution in [0.1, 0.15) is 12.5 Å². The molecule has 1 heterocycles. The van der Waals surface area contributed by atoms with Gasteiger partial charge in [-0.1, -0.05) is 18.2 Å². The van der Waals surface area contributed by atoms with Gasteiger partial charge in [0, 0.05) is 25.1 Å². The number of ether oxygens (including phenoxy) is 2. The van der Waals surface area contributed by atoms with Crippen molar-refractivity contribution in [1.29, 1.82) is 0 Å². The topological polar surface area (TPSA) is 43.4 Å². The zero-order chi connectivity index (χ0) is 13.7. The maximum atomic E-state index is 5.75. The maximum Gasteiger partial charge on any atom is 0.131 e. The van der Waals surface area contributed by atoms with Gasteiger partial charge < -0.3 is 14.8 Å². The Hall–Kier alpha value is -1.65. The van der Waals surface area contributed by atoms with E-state index in [-0.39, 0.29) is 6.10 Å². The van der Waals surface area contributed by atoms with Gasteiger partial charge in [-0.3, -0.25) is 0 Å². The third-order valence-corrected chi connectivity index (χ3v) is 2.96. The summed E-state index contributed by atoms with van der Waals surface area (Å²) in [5, 5.41) is 4.25. The Morgan fingerprint density at radius 2 is 2.11 bits per heavy atom. The van der Waals surface area contributed by atoms with E-state index in [0.717, 1.165) is 22.3 Å². The standard InChI is InChI=1S/C15H20N2O2/c1-11(9-18-3)19-10-13-8-12-6-4-5-7-14(12)17-15(13)16-2/h4-8,11H,9-10H2,1-3H3,(H,16,17). The Kier molecular flexibility index (Phi) is 4.71. The van der Waals surface area contributed by atoms with Gasteiger partial charge in [-0.25, -0.2) is 4.98 Å². The number of nitrogens with one attached hydrogen (secondary N) is 1. The molecule has 102 valence electrons. The summed E-state index contributed by atoms with van der Waals surface area (Å²) in [5.74, 6) is 0.864. The van der Waals surface area contributed by atoms with Gasteiger partial charge in [-0.15, -0.1) is 0 Å². The molecule has 0 amide bonds. The number of benzene rings is 1. The van der Waals surface area contributed by atoms with Crippen LogP contribution in [0.15, 0.2) is 30.3 Å². The lowest BCUT2D eigenvalue weighted by atomic mass is 10.1. The summed E-state index contributed by atoms with van der Waals surface area (Å²) in [5.41, 5.74) is 2.05. The van der Waals surface area contributed by atoms with Gasteiger partial charge in [-0.2, -0.15) is 0 Å². The molecule has 0 saturated carbocycles. The van der Waals surface area contributed by atoms with E-state index in [4.69, 9.17) is 9.47 Å². The molecule has 0 fully saturated rings. The first-order chi connectivity index (χ1) is 9.24. The number of pyridine rings is 1. The quantitative estimate of drug-likeness (QED) is 0.867. The smallest absolute Gasteiger partial charge is 0.131 e. The van der Waals surface area contributed by atoms with Gasteiger partial charge in [0.15, 0.2) is 0 Å². The molecule has 0 saturated heterocycles. The number of aromatic nitrogens is 1. The van der Waals surface area contributed by atoms with Crippen LogP contribution in [0.4, 0.5) is 5.82 Å². The highest BCUT2D eigenvalue weighted by atomic mass is 16.5. The number of nitrogens with zero attached hydrogens (tertiary/aromatic N) is 1. The summed E-state index contributed by atoms with van der Waals surface area (Å²) in [6, 6.07) is 10.2. The molecule has 0 radical (unpaired) electrons. The molecule has 0 aliphatic rings. The molecule has 0 aliphatic heterocycles. The molecule has 2 aromatic rings. The van der Waals surface area contributed by atoms with Crippen molar-refractivity contribution in [3.63, 3.8) is 0 Å². The van der Waals surface area contributed by atoms with Crippen molar-refractivity contribution in [2.45, 2.75) is 19.6 Å². The van der Waals surface area contributed by atoms with Crippen molar-refractivity contribution in [3.05, 3.63) is 35.9 Å². The number of methoxy groups -OCH3 is 1. The maximum absolute atomic E-state index is 5.75. The highest BCUT2D eigenvalue weighted by molar-refractivity contribution is 5.81. The molecule has 0 bridgehead atoms. The molecule has 1 atom stereocenters. The van der Waals surface area contributed by atoms with E-state index in [1.54, 1.807) is 7.11 Å². The molecule has 1 aromatic carbocycles. The predicted molar refractivity (Wildman–Crippen MR) is 77.4 cm³/mol. The van der Waals surface area contributed by atoms with Gasteiger partial charge >= 0.3 is 0 Å². The summed E-state index contributed by atoms with van der Waals surface area (Å²) < 4.78 is 10.8.